The smallest absolute Gasteiger partial charge is 0.317 e. The number of aromatic nitrogens is 8. The third-order valence-electron chi connectivity index (χ3n) is 10.5. The number of amides is 1. The number of hydrogen-bond acceptors (Lipinski definition) is 12. The van der Waals surface area contributed by atoms with E-state index in [0.29, 0.717) is 65.6 Å². The number of ether oxygens (including phenoxy) is 2. The molecular weight excluding hydrogens is 729 g/mol. The Labute approximate surface area is 317 Å². The van der Waals surface area contributed by atoms with Crippen LogP contribution in [-0.2, 0) is 16.1 Å². The number of likely N-dealkylation sites (N-methyl/N-ethyl adjacent to an activating group) is 1. The van der Waals surface area contributed by atoms with Crippen molar-refractivity contribution in [1.82, 2.24) is 44.2 Å². The molecule has 3 aliphatic heterocycles. The summed E-state index contributed by atoms with van der Waals surface area (Å²) in [6.07, 6.45) is 2.14. The minimum absolute atomic E-state index is 0.0298. The summed E-state index contributed by atoms with van der Waals surface area (Å²) in [5.74, 6) is -1.28. The van der Waals surface area contributed by atoms with E-state index in [1.165, 1.54) is 35.3 Å². The van der Waals surface area contributed by atoms with Gasteiger partial charge in [0.25, 0.3) is 0 Å². The van der Waals surface area contributed by atoms with Crippen molar-refractivity contribution in [2.45, 2.75) is 45.1 Å². The molecule has 18 heteroatoms. The molecule has 286 valence electrons. The highest BCUT2D eigenvalue weighted by molar-refractivity contribution is 5.94. The topological polar surface area (TPSA) is 156 Å². The van der Waals surface area contributed by atoms with E-state index in [1.807, 2.05) is 28.2 Å². The lowest BCUT2D eigenvalue weighted by atomic mass is 10.0. The van der Waals surface area contributed by atoms with Crippen LogP contribution in [0.25, 0.3) is 39.0 Å². The molecule has 1 amide bonds. The van der Waals surface area contributed by atoms with Gasteiger partial charge in [-0.25, -0.2) is 27.8 Å². The quantitative estimate of drug-likeness (QED) is 0.247. The number of rotatable bonds is 5. The van der Waals surface area contributed by atoms with Gasteiger partial charge in [0.2, 0.25) is 11.9 Å². The van der Waals surface area contributed by atoms with Crippen LogP contribution in [0.2, 0.25) is 0 Å². The summed E-state index contributed by atoms with van der Waals surface area (Å²) in [5.41, 5.74) is 2.25. The van der Waals surface area contributed by atoms with Crippen LogP contribution in [0.4, 0.5) is 24.9 Å². The molecule has 7 heterocycles. The van der Waals surface area contributed by atoms with Crippen molar-refractivity contribution in [2.24, 2.45) is 5.92 Å². The van der Waals surface area contributed by atoms with Crippen LogP contribution in [-0.4, -0.2) is 108 Å². The van der Waals surface area contributed by atoms with E-state index in [1.54, 1.807) is 18.0 Å². The molecule has 0 spiro atoms. The van der Waals surface area contributed by atoms with E-state index < -0.39 is 35.7 Å². The van der Waals surface area contributed by atoms with E-state index in [9.17, 15) is 14.4 Å². The van der Waals surface area contributed by atoms with E-state index in [2.05, 4.69) is 21.1 Å². The molecule has 4 aromatic heterocycles. The Hall–Kier alpha value is -6.35. The van der Waals surface area contributed by atoms with Crippen LogP contribution in [0.15, 0.2) is 48.8 Å². The van der Waals surface area contributed by atoms with Crippen LogP contribution in [0, 0.1) is 41.6 Å². The first-order valence-corrected chi connectivity index (χ1v) is 18.2. The summed E-state index contributed by atoms with van der Waals surface area (Å²) in [5, 5.41) is 14.4. The van der Waals surface area contributed by atoms with E-state index in [4.69, 9.17) is 24.4 Å². The maximum absolute atomic E-state index is 15.2. The standard InChI is InChI=1S/C38H35F3N12O3/c1-4-55-25-17-49(3)36(54)32-12-24(56-38-43-8-7-29(46-38)26-9-23(40)11-30-33(26)51(19-25)20(2)45-30)18-52(32)34-27-14-44-53(31-6-5-22(39)10-28(31)41)35(27)48-37(47-34)50-15-21(13-42)16-50/h5-11,14,21,24-25,32H,4,12,15-19H2,1-3H3/t24-,25-,32-/m0/s1. The summed E-state index contributed by atoms with van der Waals surface area (Å²) in [4.78, 5) is 43.4. The van der Waals surface area contributed by atoms with Crippen molar-refractivity contribution in [1.29, 1.82) is 5.26 Å². The Morgan fingerprint density at radius 1 is 1.00 bits per heavy atom. The zero-order chi connectivity index (χ0) is 38.8. The number of fused-ring (bicyclic) bond motifs is 6. The predicted octanol–water partition coefficient (Wildman–Crippen LogP) is 4.21. The first-order valence-electron chi connectivity index (χ1n) is 18.2. The van der Waals surface area contributed by atoms with Crippen LogP contribution in [0.1, 0.15) is 19.2 Å². The molecule has 4 bridgehead atoms. The lowest BCUT2D eigenvalue weighted by Gasteiger charge is -2.36. The van der Waals surface area contributed by atoms with Gasteiger partial charge in [0.15, 0.2) is 11.5 Å². The van der Waals surface area contributed by atoms with Gasteiger partial charge in [-0.05, 0) is 38.1 Å². The van der Waals surface area contributed by atoms with Gasteiger partial charge in [0.05, 0.1) is 59.5 Å². The molecule has 0 saturated carbocycles. The SMILES string of the molecule is CCO[C@H]1CN(C)C(=O)[C@@H]2C[C@@H](CN2c2nc(N3CC(C#N)C3)nc3c2cnn3-c2ccc(F)cc2F)Oc2nccc(n2)-c2cc(F)cc3nc(C)n(c23)C1. The van der Waals surface area contributed by atoms with Crippen molar-refractivity contribution in [2.75, 3.05) is 49.6 Å². The molecule has 15 nitrogen and oxygen atoms in total. The zero-order valence-corrected chi connectivity index (χ0v) is 30.6. The highest BCUT2D eigenvalue weighted by atomic mass is 19.1. The number of anilines is 2. The summed E-state index contributed by atoms with van der Waals surface area (Å²) >= 11 is 0. The van der Waals surface area contributed by atoms with E-state index >= 15 is 8.78 Å². The van der Waals surface area contributed by atoms with Crippen molar-refractivity contribution in [3.63, 3.8) is 0 Å². The van der Waals surface area contributed by atoms with Gasteiger partial charge in [0, 0.05) is 63.6 Å². The Balaban J connectivity index is 1.17. The molecule has 3 aliphatic rings. The Morgan fingerprint density at radius 2 is 1.84 bits per heavy atom. The van der Waals surface area contributed by atoms with Crippen LogP contribution in [0.5, 0.6) is 6.01 Å². The second-order valence-electron chi connectivity index (χ2n) is 14.2. The van der Waals surface area contributed by atoms with E-state index in [0.717, 1.165) is 12.1 Å². The second kappa shape index (κ2) is 13.7. The number of carbonyl (C=O) groups excluding carboxylic acids is 1. The maximum Gasteiger partial charge on any atom is 0.317 e. The van der Waals surface area contributed by atoms with Crippen LogP contribution < -0.4 is 14.5 Å². The average molecular weight is 765 g/mol. The zero-order valence-electron chi connectivity index (χ0n) is 30.6. The largest absolute Gasteiger partial charge is 0.458 e. The van der Waals surface area contributed by atoms with Gasteiger partial charge >= 0.3 is 6.01 Å². The average Bonchev–Trinajstić information content (AvgIpc) is 3.85. The summed E-state index contributed by atoms with van der Waals surface area (Å²) in [6.45, 7) is 5.53. The summed E-state index contributed by atoms with van der Waals surface area (Å²) in [7, 11) is 1.71. The van der Waals surface area contributed by atoms with Gasteiger partial charge in [-0.2, -0.15) is 25.3 Å². The van der Waals surface area contributed by atoms with Crippen LogP contribution >= 0.6 is 0 Å². The number of benzene rings is 2. The Kier molecular flexibility index (Phi) is 8.68. The summed E-state index contributed by atoms with van der Waals surface area (Å²) < 4.78 is 60.1. The summed E-state index contributed by atoms with van der Waals surface area (Å²) in [6, 6.07) is 9.12. The maximum atomic E-state index is 15.2. The highest BCUT2D eigenvalue weighted by Gasteiger charge is 2.43. The fourth-order valence-electron chi connectivity index (χ4n) is 7.86. The fourth-order valence-corrected chi connectivity index (χ4v) is 7.86. The van der Waals surface area contributed by atoms with Gasteiger partial charge in [-0.15, -0.1) is 0 Å². The molecule has 9 rings (SSSR count). The van der Waals surface area contributed by atoms with E-state index in [-0.39, 0.29) is 54.6 Å². The third kappa shape index (κ3) is 6.08. The minimum Gasteiger partial charge on any atom is -0.458 e. The fraction of sp³-hybridized carbons (Fsp3) is 0.368. The van der Waals surface area contributed by atoms with Crippen molar-refractivity contribution in [3.8, 4) is 29.0 Å². The Bertz CT molecular complexity index is 2570. The Morgan fingerprint density at radius 3 is 2.62 bits per heavy atom. The molecule has 6 aromatic rings. The number of hydrogen-bond donors (Lipinski definition) is 0. The minimum atomic E-state index is -0.842. The third-order valence-corrected chi connectivity index (χ3v) is 10.5. The molecule has 2 aromatic carbocycles. The van der Waals surface area contributed by atoms with Gasteiger partial charge in [-0.3, -0.25) is 4.79 Å². The first kappa shape index (κ1) is 35.4. The normalized spacial score (nSPS) is 20.2. The molecule has 0 unspecified atom stereocenters. The lowest BCUT2D eigenvalue weighted by Crippen LogP contribution is -2.48. The van der Waals surface area contributed by atoms with Gasteiger partial charge < -0.3 is 28.7 Å². The predicted molar refractivity (Wildman–Crippen MR) is 197 cm³/mol. The molecule has 56 heavy (non-hydrogen) atoms. The molecule has 2 saturated heterocycles. The number of nitrogens with zero attached hydrogens (tertiary/aromatic N) is 12. The van der Waals surface area contributed by atoms with Gasteiger partial charge in [0.1, 0.15) is 41.1 Å². The molecule has 0 radical (unpaired) electrons. The molecule has 0 N–H and O–H groups in total. The number of halogens is 3. The molecular formula is C38H35F3N12O3. The lowest BCUT2D eigenvalue weighted by molar-refractivity contribution is -0.133. The van der Waals surface area contributed by atoms with Crippen molar-refractivity contribution >= 4 is 39.7 Å². The number of imidazole rings is 1. The highest BCUT2D eigenvalue weighted by Crippen LogP contribution is 2.37. The van der Waals surface area contributed by atoms with Crippen molar-refractivity contribution in [3.05, 3.63) is 72.1 Å². The number of nitriles is 1. The number of aryl methyl sites for hydroxylation is 1. The molecule has 2 fully saturated rings. The molecule has 0 aliphatic carbocycles. The first-order chi connectivity index (χ1) is 27.1. The monoisotopic (exact) mass is 764 g/mol. The second-order valence-corrected chi connectivity index (χ2v) is 14.2. The van der Waals surface area contributed by atoms with Crippen molar-refractivity contribution < 1.29 is 27.4 Å². The van der Waals surface area contributed by atoms with Crippen LogP contribution in [0.3, 0.4) is 0 Å². The molecule has 3 atom stereocenters. The number of carbonyl (C=O) groups is 1. The van der Waals surface area contributed by atoms with Gasteiger partial charge in [-0.1, -0.05) is 0 Å².